The molecule has 0 fully saturated rings. The largest absolute Gasteiger partial charge is 0.345 e. The maximum Gasteiger partial charge on any atom is 0.345 e. The predicted molar refractivity (Wildman–Crippen MR) is 116 cm³/mol. The smallest absolute Gasteiger partial charge is 0.305 e. The minimum atomic E-state index is -0.538. The van der Waals surface area contributed by atoms with E-state index < -0.39 is 6.03 Å². The van der Waals surface area contributed by atoms with Crippen molar-refractivity contribution in [3.8, 4) is 5.69 Å². The van der Waals surface area contributed by atoms with Gasteiger partial charge in [0, 0.05) is 17.3 Å². The molecule has 1 aromatic heterocycles. The average Bonchev–Trinajstić information content (AvgIpc) is 3.00. The minimum absolute atomic E-state index is 0.255. The Morgan fingerprint density at radius 3 is 2.62 bits per heavy atom. The van der Waals surface area contributed by atoms with Gasteiger partial charge in [-0.15, -0.1) is 0 Å². The Balaban J connectivity index is 1.59. The Morgan fingerprint density at radius 2 is 1.79 bits per heavy atom. The molecule has 0 unspecified atom stereocenters. The number of benzene rings is 3. The fourth-order valence-electron chi connectivity index (χ4n) is 3.27. The summed E-state index contributed by atoms with van der Waals surface area (Å²) in [5, 5.41) is 7.77. The number of amides is 2. The number of hydrogen-bond acceptors (Lipinski definition) is 2. The van der Waals surface area contributed by atoms with Gasteiger partial charge in [-0.3, -0.25) is 9.89 Å². The van der Waals surface area contributed by atoms with Crippen molar-refractivity contribution < 1.29 is 4.79 Å². The zero-order chi connectivity index (χ0) is 20.4. The van der Waals surface area contributed by atoms with Crippen LogP contribution in [-0.4, -0.2) is 22.0 Å². The second kappa shape index (κ2) is 7.59. The summed E-state index contributed by atoms with van der Waals surface area (Å²) in [4.78, 5) is 29.0. The first-order valence-corrected chi connectivity index (χ1v) is 9.24. The van der Waals surface area contributed by atoms with Crippen LogP contribution < -0.4 is 10.9 Å². The molecule has 0 aliphatic heterocycles. The number of anilines is 1. The third kappa shape index (κ3) is 3.73. The van der Waals surface area contributed by atoms with Crippen molar-refractivity contribution in [1.82, 2.24) is 9.78 Å². The highest BCUT2D eigenvalue weighted by molar-refractivity contribution is 6.04. The molecule has 3 aromatic carbocycles. The molecule has 1 heterocycles. The molecule has 4 rings (SSSR count). The van der Waals surface area contributed by atoms with E-state index in [0.29, 0.717) is 16.9 Å². The molecular formula is C23H20N4O2. The van der Waals surface area contributed by atoms with E-state index in [-0.39, 0.29) is 5.56 Å². The van der Waals surface area contributed by atoms with Gasteiger partial charge in [0.2, 0.25) is 0 Å². The molecule has 4 aromatic rings. The molecule has 6 nitrogen and oxygen atoms in total. The molecule has 0 radical (unpaired) electrons. The number of aliphatic imine (C=N–C) groups is 1. The third-order valence-corrected chi connectivity index (χ3v) is 4.72. The number of carbonyl (C=O) groups excluding carboxylic acids is 1. The lowest BCUT2D eigenvalue weighted by Crippen LogP contribution is -2.17. The molecule has 0 saturated heterocycles. The molecule has 0 aliphatic carbocycles. The number of nitrogens with zero attached hydrogens (tertiary/aromatic N) is 2. The zero-order valence-electron chi connectivity index (χ0n) is 16.1. The van der Waals surface area contributed by atoms with E-state index >= 15 is 0 Å². The molecule has 0 atom stereocenters. The molecule has 0 bridgehead atoms. The highest BCUT2D eigenvalue weighted by Gasteiger charge is 2.11. The Morgan fingerprint density at radius 1 is 1.03 bits per heavy atom. The summed E-state index contributed by atoms with van der Waals surface area (Å²) in [5.41, 5.74) is 3.19. The second-order valence-corrected chi connectivity index (χ2v) is 6.85. The summed E-state index contributed by atoms with van der Waals surface area (Å²) in [6, 6.07) is 20.5. The van der Waals surface area contributed by atoms with Gasteiger partial charge in [0.15, 0.2) is 0 Å². The van der Waals surface area contributed by atoms with Gasteiger partial charge in [-0.25, -0.2) is 14.5 Å². The Bertz CT molecular complexity index is 1290. The lowest BCUT2D eigenvalue weighted by molar-refractivity contribution is 0.259. The van der Waals surface area contributed by atoms with Crippen LogP contribution in [0.25, 0.3) is 16.5 Å². The molecule has 6 heteroatoms. The standard InChI is InChI=1S/C23H20N4O2/c1-15-7-5-10-18(13-15)27-22(28)20(16(2)26-27)14-24-23(29)25-21-12-6-9-17-8-3-4-11-19(17)21/h3-14,26H,1-2H3,(H,25,29). The molecule has 0 saturated carbocycles. The molecule has 29 heavy (non-hydrogen) atoms. The van der Waals surface area contributed by atoms with Gasteiger partial charge < -0.3 is 5.32 Å². The highest BCUT2D eigenvalue weighted by Crippen LogP contribution is 2.23. The van der Waals surface area contributed by atoms with Gasteiger partial charge in [0.25, 0.3) is 5.56 Å². The highest BCUT2D eigenvalue weighted by atomic mass is 16.2. The number of H-pyrrole nitrogens is 1. The van der Waals surface area contributed by atoms with Crippen LogP contribution in [0, 0.1) is 13.8 Å². The van der Waals surface area contributed by atoms with Crippen molar-refractivity contribution in [2.24, 2.45) is 4.99 Å². The fourth-order valence-corrected chi connectivity index (χ4v) is 3.27. The van der Waals surface area contributed by atoms with Crippen molar-refractivity contribution in [1.29, 1.82) is 0 Å². The van der Waals surface area contributed by atoms with Gasteiger partial charge in [-0.2, -0.15) is 0 Å². The van der Waals surface area contributed by atoms with Gasteiger partial charge in [-0.05, 0) is 43.0 Å². The maximum atomic E-state index is 12.8. The van der Waals surface area contributed by atoms with Crippen LogP contribution in [0.3, 0.4) is 0 Å². The Kier molecular flexibility index (Phi) is 4.83. The minimum Gasteiger partial charge on any atom is -0.305 e. The number of hydrogen-bond donors (Lipinski definition) is 2. The van der Waals surface area contributed by atoms with Crippen molar-refractivity contribution in [3.05, 3.63) is 93.9 Å². The van der Waals surface area contributed by atoms with Gasteiger partial charge in [-0.1, -0.05) is 48.5 Å². The van der Waals surface area contributed by atoms with Crippen LogP contribution in [0.2, 0.25) is 0 Å². The van der Waals surface area contributed by atoms with Crippen LogP contribution in [0.5, 0.6) is 0 Å². The monoisotopic (exact) mass is 384 g/mol. The van der Waals surface area contributed by atoms with E-state index in [4.69, 9.17) is 0 Å². The molecule has 0 aliphatic rings. The van der Waals surface area contributed by atoms with Crippen molar-refractivity contribution >= 4 is 28.7 Å². The van der Waals surface area contributed by atoms with Crippen LogP contribution in [0.4, 0.5) is 10.5 Å². The molecule has 2 amide bonds. The number of aromatic nitrogens is 2. The third-order valence-electron chi connectivity index (χ3n) is 4.72. The predicted octanol–water partition coefficient (Wildman–Crippen LogP) is 4.59. The van der Waals surface area contributed by atoms with Crippen molar-refractivity contribution in [3.63, 3.8) is 0 Å². The normalized spacial score (nSPS) is 11.2. The number of fused-ring (bicyclic) bond motifs is 1. The molecule has 2 N–H and O–H groups in total. The fraction of sp³-hybridized carbons (Fsp3) is 0.0870. The maximum absolute atomic E-state index is 12.8. The van der Waals surface area contributed by atoms with E-state index in [9.17, 15) is 9.59 Å². The number of aromatic amines is 1. The Hall–Kier alpha value is -3.93. The lowest BCUT2D eigenvalue weighted by Gasteiger charge is -2.06. The molecule has 144 valence electrons. The Labute approximate surface area is 167 Å². The topological polar surface area (TPSA) is 79.2 Å². The van der Waals surface area contributed by atoms with Gasteiger partial charge in [0.1, 0.15) is 0 Å². The van der Waals surface area contributed by atoms with E-state index in [1.165, 1.54) is 10.9 Å². The first-order valence-electron chi connectivity index (χ1n) is 9.24. The van der Waals surface area contributed by atoms with E-state index in [2.05, 4.69) is 15.4 Å². The van der Waals surface area contributed by atoms with Gasteiger partial charge in [0.05, 0.1) is 16.9 Å². The van der Waals surface area contributed by atoms with Crippen LogP contribution in [-0.2, 0) is 0 Å². The molecular weight excluding hydrogens is 364 g/mol. The molecule has 0 spiro atoms. The number of urea groups is 1. The quantitative estimate of drug-likeness (QED) is 0.507. The second-order valence-electron chi connectivity index (χ2n) is 6.85. The summed E-state index contributed by atoms with van der Waals surface area (Å²) in [6.07, 6.45) is 1.31. The lowest BCUT2D eigenvalue weighted by atomic mass is 10.1. The van der Waals surface area contributed by atoms with E-state index in [1.807, 2.05) is 73.7 Å². The summed E-state index contributed by atoms with van der Waals surface area (Å²) in [6.45, 7) is 3.74. The van der Waals surface area contributed by atoms with Crippen molar-refractivity contribution in [2.45, 2.75) is 13.8 Å². The summed E-state index contributed by atoms with van der Waals surface area (Å²) < 4.78 is 1.45. The van der Waals surface area contributed by atoms with Crippen molar-refractivity contribution in [2.75, 3.05) is 5.32 Å². The summed E-state index contributed by atoms with van der Waals surface area (Å²) >= 11 is 0. The van der Waals surface area contributed by atoms with Crippen LogP contribution in [0.15, 0.2) is 76.5 Å². The van der Waals surface area contributed by atoms with Crippen LogP contribution >= 0.6 is 0 Å². The zero-order valence-corrected chi connectivity index (χ0v) is 16.1. The first kappa shape index (κ1) is 18.4. The SMILES string of the molecule is Cc1cccc(-n2[nH]c(C)c(C=NC(=O)Nc3cccc4ccccc34)c2=O)c1. The van der Waals surface area contributed by atoms with Gasteiger partial charge >= 0.3 is 6.03 Å². The average molecular weight is 384 g/mol. The number of rotatable bonds is 3. The summed E-state index contributed by atoms with van der Waals surface area (Å²) in [7, 11) is 0. The summed E-state index contributed by atoms with van der Waals surface area (Å²) in [5.74, 6) is 0. The number of carbonyl (C=O) groups is 1. The van der Waals surface area contributed by atoms with E-state index in [0.717, 1.165) is 22.0 Å². The number of nitrogens with one attached hydrogen (secondary N) is 2. The first-order chi connectivity index (χ1) is 14.0. The van der Waals surface area contributed by atoms with E-state index in [1.54, 1.807) is 6.92 Å². The number of aryl methyl sites for hydroxylation is 2. The van der Waals surface area contributed by atoms with Crippen LogP contribution in [0.1, 0.15) is 16.8 Å².